The van der Waals surface area contributed by atoms with E-state index in [4.69, 9.17) is 4.74 Å². The molecule has 12 heavy (non-hydrogen) atoms. The second kappa shape index (κ2) is 3.64. The van der Waals surface area contributed by atoms with Crippen molar-refractivity contribution in [2.24, 2.45) is 0 Å². The summed E-state index contributed by atoms with van der Waals surface area (Å²) in [6, 6.07) is 0.264. The number of amides is 1. The number of ether oxygens (including phenoxy) is 1. The molecule has 0 spiro atoms. The Morgan fingerprint density at radius 3 is 2.92 bits per heavy atom. The third kappa shape index (κ3) is 1.73. The summed E-state index contributed by atoms with van der Waals surface area (Å²) >= 11 is 1.76. The number of thioether (sulfide) groups is 1. The molecule has 0 saturated carbocycles. The molecule has 2 aliphatic rings. The Morgan fingerprint density at radius 2 is 2.42 bits per heavy atom. The van der Waals surface area contributed by atoms with Crippen molar-refractivity contribution < 1.29 is 9.53 Å². The molecule has 0 aliphatic carbocycles. The smallest absolute Gasteiger partial charge is 0.238 e. The Kier molecular flexibility index (Phi) is 2.53. The summed E-state index contributed by atoms with van der Waals surface area (Å²) in [4.78, 5) is 11.4. The van der Waals surface area contributed by atoms with E-state index in [-0.39, 0.29) is 18.0 Å². The van der Waals surface area contributed by atoms with Crippen LogP contribution < -0.4 is 10.6 Å². The van der Waals surface area contributed by atoms with Gasteiger partial charge in [0, 0.05) is 11.6 Å². The molecule has 4 nitrogen and oxygen atoms in total. The summed E-state index contributed by atoms with van der Waals surface area (Å²) in [7, 11) is 0. The van der Waals surface area contributed by atoms with Gasteiger partial charge in [-0.1, -0.05) is 0 Å². The van der Waals surface area contributed by atoms with Crippen LogP contribution in [0.4, 0.5) is 0 Å². The molecule has 1 atom stereocenters. The fraction of sp³-hybridized carbons (Fsp3) is 0.857. The summed E-state index contributed by atoms with van der Waals surface area (Å²) < 4.78 is 4.96. The van der Waals surface area contributed by atoms with Crippen molar-refractivity contribution in [3.63, 3.8) is 0 Å². The molecule has 2 heterocycles. The van der Waals surface area contributed by atoms with Crippen LogP contribution >= 0.6 is 11.8 Å². The lowest BCUT2D eigenvalue weighted by atomic mass is 10.2. The average Bonchev–Trinajstić information content (AvgIpc) is 2.47. The lowest BCUT2D eigenvalue weighted by molar-refractivity contribution is -0.126. The van der Waals surface area contributed by atoms with Gasteiger partial charge in [-0.2, -0.15) is 0 Å². The molecule has 1 unspecified atom stereocenters. The molecule has 1 amide bonds. The van der Waals surface area contributed by atoms with E-state index in [1.165, 1.54) is 0 Å². The Hall–Kier alpha value is -0.260. The molecule has 2 aliphatic heterocycles. The van der Waals surface area contributed by atoms with Gasteiger partial charge in [0.1, 0.15) is 0 Å². The van der Waals surface area contributed by atoms with Gasteiger partial charge in [0.05, 0.1) is 25.3 Å². The van der Waals surface area contributed by atoms with Gasteiger partial charge < -0.3 is 10.1 Å². The zero-order valence-electron chi connectivity index (χ0n) is 6.71. The van der Waals surface area contributed by atoms with Crippen molar-refractivity contribution >= 4 is 17.7 Å². The molecule has 2 saturated heterocycles. The third-order valence-electron chi connectivity index (χ3n) is 2.02. The van der Waals surface area contributed by atoms with Crippen LogP contribution in [0.5, 0.6) is 0 Å². The van der Waals surface area contributed by atoms with Gasteiger partial charge >= 0.3 is 0 Å². The first-order valence-electron chi connectivity index (χ1n) is 4.05. The fourth-order valence-corrected chi connectivity index (χ4v) is 2.13. The number of carbonyl (C=O) groups is 1. The van der Waals surface area contributed by atoms with Crippen LogP contribution in [0.25, 0.3) is 0 Å². The summed E-state index contributed by atoms with van der Waals surface area (Å²) in [5.74, 6) is 1.90. The lowest BCUT2D eigenvalue weighted by Gasteiger charge is -2.27. The first-order chi connectivity index (χ1) is 5.86. The minimum Gasteiger partial charge on any atom is -0.377 e. The highest BCUT2D eigenvalue weighted by atomic mass is 32.2. The maximum Gasteiger partial charge on any atom is 0.238 e. The first-order valence-corrected chi connectivity index (χ1v) is 5.21. The van der Waals surface area contributed by atoms with E-state index >= 15 is 0 Å². The number of hydrogen-bond donors (Lipinski definition) is 2. The maximum absolute atomic E-state index is 11.4. The molecule has 0 aromatic carbocycles. The molecular weight excluding hydrogens is 176 g/mol. The van der Waals surface area contributed by atoms with E-state index in [0.29, 0.717) is 13.2 Å². The summed E-state index contributed by atoms with van der Waals surface area (Å²) in [6.45, 7) is 1.34. The summed E-state index contributed by atoms with van der Waals surface area (Å²) in [6.07, 6.45) is 0. The van der Waals surface area contributed by atoms with Crippen LogP contribution in [0.1, 0.15) is 0 Å². The Balaban J connectivity index is 1.74. The van der Waals surface area contributed by atoms with Crippen LogP contribution in [0.2, 0.25) is 0 Å². The van der Waals surface area contributed by atoms with E-state index in [1.807, 2.05) is 0 Å². The maximum atomic E-state index is 11.4. The van der Waals surface area contributed by atoms with Gasteiger partial charge in [0.2, 0.25) is 5.91 Å². The molecule has 0 aromatic rings. The monoisotopic (exact) mass is 188 g/mol. The van der Waals surface area contributed by atoms with Gasteiger partial charge in [0.15, 0.2) is 0 Å². The van der Waals surface area contributed by atoms with Gasteiger partial charge in [-0.05, 0) is 0 Å². The Morgan fingerprint density at radius 1 is 1.58 bits per heavy atom. The summed E-state index contributed by atoms with van der Waals surface area (Å²) in [5, 5.41) is 6.04. The fourth-order valence-electron chi connectivity index (χ4n) is 1.18. The largest absolute Gasteiger partial charge is 0.377 e. The zero-order valence-corrected chi connectivity index (χ0v) is 7.52. The molecule has 0 aromatic heterocycles. The minimum atomic E-state index is 0.00981. The molecule has 68 valence electrons. The van der Waals surface area contributed by atoms with Gasteiger partial charge in [-0.3, -0.25) is 10.1 Å². The van der Waals surface area contributed by atoms with E-state index in [0.717, 1.165) is 11.6 Å². The van der Waals surface area contributed by atoms with Crippen LogP contribution in [-0.4, -0.2) is 42.8 Å². The molecule has 0 bridgehead atoms. The highest BCUT2D eigenvalue weighted by Gasteiger charge is 2.27. The zero-order chi connectivity index (χ0) is 8.39. The minimum absolute atomic E-state index is 0.00981. The number of nitrogens with one attached hydrogen (secondary N) is 2. The van der Waals surface area contributed by atoms with Crippen molar-refractivity contribution in [2.45, 2.75) is 12.1 Å². The second-order valence-electron chi connectivity index (χ2n) is 3.01. The molecule has 0 radical (unpaired) electrons. The predicted molar refractivity (Wildman–Crippen MR) is 47.0 cm³/mol. The van der Waals surface area contributed by atoms with Crippen molar-refractivity contribution in [3.05, 3.63) is 0 Å². The van der Waals surface area contributed by atoms with Gasteiger partial charge in [0.25, 0.3) is 0 Å². The van der Waals surface area contributed by atoms with Crippen molar-refractivity contribution in [3.8, 4) is 0 Å². The Labute approximate surface area is 75.4 Å². The van der Waals surface area contributed by atoms with E-state index in [1.54, 1.807) is 11.8 Å². The topological polar surface area (TPSA) is 50.4 Å². The van der Waals surface area contributed by atoms with E-state index in [9.17, 15) is 4.79 Å². The standard InChI is InChI=1S/C7H12N2O2S/c10-7(6-3-12-4-8-6)9-5-1-11-2-5/h5-6,8H,1-4H2,(H,9,10). The average molecular weight is 188 g/mol. The molecule has 2 N–H and O–H groups in total. The SMILES string of the molecule is O=C(NC1COC1)C1CSCN1. The van der Waals surface area contributed by atoms with Crippen molar-refractivity contribution in [1.29, 1.82) is 0 Å². The lowest BCUT2D eigenvalue weighted by Crippen LogP contribution is -2.53. The quantitative estimate of drug-likeness (QED) is 0.593. The predicted octanol–water partition coefficient (Wildman–Crippen LogP) is -0.836. The molecule has 5 heteroatoms. The van der Waals surface area contributed by atoms with Crippen molar-refractivity contribution in [2.75, 3.05) is 24.8 Å². The van der Waals surface area contributed by atoms with Gasteiger partial charge in [-0.25, -0.2) is 0 Å². The van der Waals surface area contributed by atoms with E-state index < -0.39 is 0 Å². The number of rotatable bonds is 2. The van der Waals surface area contributed by atoms with Crippen LogP contribution in [0.3, 0.4) is 0 Å². The van der Waals surface area contributed by atoms with Crippen molar-refractivity contribution in [1.82, 2.24) is 10.6 Å². The highest BCUT2D eigenvalue weighted by molar-refractivity contribution is 7.99. The van der Waals surface area contributed by atoms with Crippen LogP contribution in [0.15, 0.2) is 0 Å². The molecular formula is C7H12N2O2S. The second-order valence-corrected chi connectivity index (χ2v) is 4.05. The highest BCUT2D eigenvalue weighted by Crippen LogP contribution is 2.10. The molecule has 2 rings (SSSR count). The summed E-state index contributed by atoms with van der Waals surface area (Å²) in [5.41, 5.74) is 0. The number of hydrogen-bond acceptors (Lipinski definition) is 4. The van der Waals surface area contributed by atoms with Crippen LogP contribution in [-0.2, 0) is 9.53 Å². The normalized spacial score (nSPS) is 29.8. The van der Waals surface area contributed by atoms with Crippen LogP contribution in [0, 0.1) is 0 Å². The first kappa shape index (κ1) is 8.34. The molecule has 2 fully saturated rings. The third-order valence-corrected chi connectivity index (χ3v) is 2.96. The number of carbonyl (C=O) groups excluding carboxylic acids is 1. The van der Waals surface area contributed by atoms with E-state index in [2.05, 4.69) is 10.6 Å². The van der Waals surface area contributed by atoms with Gasteiger partial charge in [-0.15, -0.1) is 11.8 Å². The Bertz CT molecular complexity index is 178.